The van der Waals surface area contributed by atoms with E-state index < -0.39 is 0 Å². The highest BCUT2D eigenvalue weighted by atomic mass is 16.5. The molecule has 0 bridgehead atoms. The zero-order valence-corrected chi connectivity index (χ0v) is 21.1. The van der Waals surface area contributed by atoms with Gasteiger partial charge in [-0.3, -0.25) is 4.79 Å². The number of amides is 1. The van der Waals surface area contributed by atoms with Crippen LogP contribution in [-0.2, 0) is 6.42 Å². The molecule has 0 spiro atoms. The van der Waals surface area contributed by atoms with Crippen LogP contribution < -0.4 is 14.8 Å². The molecule has 0 fully saturated rings. The summed E-state index contributed by atoms with van der Waals surface area (Å²) in [6.07, 6.45) is 2.70. The van der Waals surface area contributed by atoms with Crippen molar-refractivity contribution in [2.24, 2.45) is 0 Å². The molecule has 3 aromatic carbocycles. The normalized spacial score (nSPS) is 11.8. The van der Waals surface area contributed by atoms with Crippen LogP contribution in [-0.4, -0.2) is 61.5 Å². The maximum atomic E-state index is 13.5. The van der Waals surface area contributed by atoms with Gasteiger partial charge in [0.1, 0.15) is 0 Å². The van der Waals surface area contributed by atoms with Gasteiger partial charge in [-0.25, -0.2) is 4.68 Å². The second kappa shape index (κ2) is 11.6. The van der Waals surface area contributed by atoms with Crippen molar-refractivity contribution in [1.82, 2.24) is 20.0 Å². The summed E-state index contributed by atoms with van der Waals surface area (Å²) in [6.45, 7) is 0.490. The topological polar surface area (TPSA) is 68.6 Å². The number of nitrogens with one attached hydrogen (secondary N) is 1. The molecule has 1 atom stereocenters. The Labute approximate surface area is 212 Å². The van der Waals surface area contributed by atoms with Gasteiger partial charge in [0.05, 0.1) is 19.9 Å². The van der Waals surface area contributed by atoms with Crippen LogP contribution in [0.3, 0.4) is 0 Å². The van der Waals surface area contributed by atoms with Crippen LogP contribution in [0.5, 0.6) is 11.5 Å². The second-order valence-corrected chi connectivity index (χ2v) is 8.76. The lowest BCUT2D eigenvalue weighted by Gasteiger charge is -2.24. The van der Waals surface area contributed by atoms with Crippen LogP contribution in [0.2, 0.25) is 0 Å². The largest absolute Gasteiger partial charge is 0.493 e. The van der Waals surface area contributed by atoms with Crippen LogP contribution in [0.25, 0.3) is 16.8 Å². The third-order valence-corrected chi connectivity index (χ3v) is 6.19. The Morgan fingerprint density at radius 2 is 1.61 bits per heavy atom. The van der Waals surface area contributed by atoms with E-state index in [1.807, 2.05) is 87.0 Å². The van der Waals surface area contributed by atoms with E-state index in [2.05, 4.69) is 27.4 Å². The summed E-state index contributed by atoms with van der Waals surface area (Å²) in [5, 5.41) is 7.79. The number of aromatic nitrogens is 2. The average Bonchev–Trinajstić information content (AvgIpc) is 3.37. The van der Waals surface area contributed by atoms with Gasteiger partial charge in [0.2, 0.25) is 0 Å². The fraction of sp³-hybridized carbons (Fsp3) is 0.241. The Morgan fingerprint density at radius 1 is 0.944 bits per heavy atom. The highest BCUT2D eigenvalue weighted by Crippen LogP contribution is 2.34. The van der Waals surface area contributed by atoms with Gasteiger partial charge in [-0.1, -0.05) is 54.6 Å². The zero-order chi connectivity index (χ0) is 25.5. The number of carbonyl (C=O) groups is 1. The molecule has 1 unspecified atom stereocenters. The monoisotopic (exact) mass is 484 g/mol. The predicted molar refractivity (Wildman–Crippen MR) is 142 cm³/mol. The van der Waals surface area contributed by atoms with E-state index in [9.17, 15) is 4.79 Å². The standard InChI is InChI=1S/C29H32N4O3/c1-32(2)24(17-21-11-7-5-8-12-21)19-30-29(34)28-25(20-33(31-28)23-13-9-6-10-14-23)22-15-16-26(35-3)27(18-22)36-4/h5-16,18,20,24H,17,19H2,1-4H3,(H,30,34). The van der Waals surface area contributed by atoms with Crippen molar-refractivity contribution < 1.29 is 14.3 Å². The fourth-order valence-electron chi connectivity index (χ4n) is 4.09. The summed E-state index contributed by atoms with van der Waals surface area (Å²) >= 11 is 0. The Kier molecular flexibility index (Phi) is 8.02. The van der Waals surface area contributed by atoms with Gasteiger partial charge in [0, 0.05) is 24.3 Å². The average molecular weight is 485 g/mol. The molecule has 36 heavy (non-hydrogen) atoms. The molecule has 0 aliphatic heterocycles. The van der Waals surface area contributed by atoms with Crippen molar-refractivity contribution >= 4 is 5.91 Å². The lowest BCUT2D eigenvalue weighted by Crippen LogP contribution is -2.41. The van der Waals surface area contributed by atoms with Gasteiger partial charge in [-0.15, -0.1) is 0 Å². The van der Waals surface area contributed by atoms with Crippen molar-refractivity contribution in [2.75, 3.05) is 34.9 Å². The van der Waals surface area contributed by atoms with E-state index in [0.717, 1.165) is 17.7 Å². The predicted octanol–water partition coefficient (Wildman–Crippen LogP) is 4.46. The number of hydrogen-bond acceptors (Lipinski definition) is 5. The minimum Gasteiger partial charge on any atom is -0.493 e. The first kappa shape index (κ1) is 25.0. The molecule has 0 saturated heterocycles. The molecule has 0 aliphatic rings. The molecule has 1 heterocycles. The van der Waals surface area contributed by atoms with E-state index in [1.165, 1.54) is 5.56 Å². The van der Waals surface area contributed by atoms with Crippen LogP contribution in [0, 0.1) is 0 Å². The molecule has 4 aromatic rings. The van der Waals surface area contributed by atoms with Crippen molar-refractivity contribution in [2.45, 2.75) is 12.5 Å². The maximum Gasteiger partial charge on any atom is 0.272 e. The number of carbonyl (C=O) groups excluding carboxylic acids is 1. The smallest absolute Gasteiger partial charge is 0.272 e. The Bertz CT molecular complexity index is 1290. The van der Waals surface area contributed by atoms with Crippen molar-refractivity contribution in [1.29, 1.82) is 0 Å². The van der Waals surface area contributed by atoms with E-state index in [0.29, 0.717) is 29.3 Å². The summed E-state index contributed by atoms with van der Waals surface area (Å²) in [4.78, 5) is 15.6. The molecule has 7 nitrogen and oxygen atoms in total. The minimum atomic E-state index is -0.227. The first-order valence-electron chi connectivity index (χ1n) is 11.9. The summed E-state index contributed by atoms with van der Waals surface area (Å²) in [6, 6.07) is 25.8. The van der Waals surface area contributed by atoms with E-state index in [4.69, 9.17) is 9.47 Å². The summed E-state index contributed by atoms with van der Waals surface area (Å²) < 4.78 is 12.6. The van der Waals surface area contributed by atoms with Crippen LogP contribution in [0.4, 0.5) is 0 Å². The van der Waals surface area contributed by atoms with E-state index in [-0.39, 0.29) is 11.9 Å². The first-order chi connectivity index (χ1) is 17.5. The van der Waals surface area contributed by atoms with E-state index >= 15 is 0 Å². The Morgan fingerprint density at radius 3 is 2.25 bits per heavy atom. The van der Waals surface area contributed by atoms with Crippen LogP contribution >= 0.6 is 0 Å². The molecular formula is C29H32N4O3. The first-order valence-corrected chi connectivity index (χ1v) is 11.9. The molecule has 1 aromatic heterocycles. The maximum absolute atomic E-state index is 13.5. The van der Waals surface area contributed by atoms with Gasteiger partial charge in [-0.2, -0.15) is 5.10 Å². The third-order valence-electron chi connectivity index (χ3n) is 6.19. The molecule has 186 valence electrons. The molecule has 0 aliphatic carbocycles. The molecule has 7 heteroatoms. The Balaban J connectivity index is 1.64. The molecule has 1 amide bonds. The van der Waals surface area contributed by atoms with Gasteiger partial charge in [0.25, 0.3) is 5.91 Å². The summed E-state index contributed by atoms with van der Waals surface area (Å²) in [7, 11) is 7.25. The Hall–Kier alpha value is -4.10. The van der Waals surface area contributed by atoms with Crippen molar-refractivity contribution in [3.05, 3.63) is 96.3 Å². The second-order valence-electron chi connectivity index (χ2n) is 8.76. The molecule has 0 radical (unpaired) electrons. The van der Waals surface area contributed by atoms with Gasteiger partial charge >= 0.3 is 0 Å². The van der Waals surface area contributed by atoms with Crippen molar-refractivity contribution in [3.63, 3.8) is 0 Å². The summed E-state index contributed by atoms with van der Waals surface area (Å²) in [5.74, 6) is 0.983. The fourth-order valence-corrected chi connectivity index (χ4v) is 4.09. The third kappa shape index (κ3) is 5.75. The molecular weight excluding hydrogens is 452 g/mol. The quantitative estimate of drug-likeness (QED) is 0.360. The minimum absolute atomic E-state index is 0.136. The number of rotatable bonds is 10. The number of likely N-dealkylation sites (N-methyl/N-ethyl adjacent to an activating group) is 1. The lowest BCUT2D eigenvalue weighted by molar-refractivity contribution is 0.0937. The zero-order valence-electron chi connectivity index (χ0n) is 21.1. The number of methoxy groups -OCH3 is 2. The van der Waals surface area contributed by atoms with E-state index in [1.54, 1.807) is 18.9 Å². The molecule has 4 rings (SSSR count). The number of nitrogens with zero attached hydrogens (tertiary/aromatic N) is 3. The highest BCUT2D eigenvalue weighted by Gasteiger charge is 2.22. The SMILES string of the molecule is COc1ccc(-c2cn(-c3ccccc3)nc2C(=O)NCC(Cc2ccccc2)N(C)C)cc1OC. The van der Waals surface area contributed by atoms with Crippen molar-refractivity contribution in [3.8, 4) is 28.3 Å². The number of ether oxygens (including phenoxy) is 2. The van der Waals surface area contributed by atoms with Crippen LogP contribution in [0.15, 0.2) is 85.1 Å². The number of hydrogen-bond donors (Lipinski definition) is 1. The summed E-state index contributed by atoms with van der Waals surface area (Å²) in [5.41, 5.74) is 3.97. The van der Waals surface area contributed by atoms with Crippen LogP contribution in [0.1, 0.15) is 16.1 Å². The highest BCUT2D eigenvalue weighted by molar-refractivity contribution is 5.99. The number of para-hydroxylation sites is 1. The van der Waals surface area contributed by atoms with Gasteiger partial charge in [0.15, 0.2) is 17.2 Å². The van der Waals surface area contributed by atoms with Gasteiger partial charge < -0.3 is 19.7 Å². The van der Waals surface area contributed by atoms with Gasteiger partial charge in [-0.05, 0) is 55.9 Å². The molecule has 0 saturated carbocycles. The molecule has 1 N–H and O–H groups in total. The lowest BCUT2D eigenvalue weighted by atomic mass is 10.0. The number of benzene rings is 3.